The van der Waals surface area contributed by atoms with E-state index in [1.165, 1.54) is 11.1 Å². The molecule has 0 spiro atoms. The molecular formula is C31H41Cl2N3O. The maximum Gasteiger partial charge on any atom is 0.0670 e. The van der Waals surface area contributed by atoms with Crippen LogP contribution in [0, 0.1) is 0 Å². The Bertz CT molecular complexity index is 1090. The molecule has 2 atom stereocenters. The third-order valence-corrected chi connectivity index (χ3v) is 7.53. The van der Waals surface area contributed by atoms with Crippen LogP contribution in [0.25, 0.3) is 0 Å². The van der Waals surface area contributed by atoms with E-state index in [1.54, 1.807) is 0 Å². The van der Waals surface area contributed by atoms with Gasteiger partial charge in [-0.05, 0) is 72.2 Å². The lowest BCUT2D eigenvalue weighted by Crippen LogP contribution is -2.49. The summed E-state index contributed by atoms with van der Waals surface area (Å²) >= 11 is 13.0. The van der Waals surface area contributed by atoms with Gasteiger partial charge < -0.3 is 10.0 Å². The summed E-state index contributed by atoms with van der Waals surface area (Å²) in [6.07, 6.45) is 4.58. The first-order chi connectivity index (χ1) is 18.0. The molecular weight excluding hydrogens is 501 g/mol. The van der Waals surface area contributed by atoms with Gasteiger partial charge >= 0.3 is 0 Å². The minimum Gasteiger partial charge on any atom is -0.396 e. The van der Waals surface area contributed by atoms with Gasteiger partial charge in [0.15, 0.2) is 0 Å². The summed E-state index contributed by atoms with van der Waals surface area (Å²) in [5.74, 6) is 0.403. The smallest absolute Gasteiger partial charge is 0.0670 e. The lowest BCUT2D eigenvalue weighted by molar-refractivity contribution is 0.214. The number of rotatable bonds is 9. The molecule has 200 valence electrons. The second kappa shape index (κ2) is 14.7. The summed E-state index contributed by atoms with van der Waals surface area (Å²) in [5.41, 5.74) is 5.88. The van der Waals surface area contributed by atoms with Gasteiger partial charge in [-0.25, -0.2) is 0 Å². The van der Waals surface area contributed by atoms with Crippen LogP contribution in [0.3, 0.4) is 0 Å². The van der Waals surface area contributed by atoms with Crippen LogP contribution in [0.1, 0.15) is 68.5 Å². The topological polar surface area (TPSA) is 39.6 Å². The quantitative estimate of drug-likeness (QED) is 0.303. The predicted octanol–water partition coefficient (Wildman–Crippen LogP) is 7.57. The maximum absolute atomic E-state index is 9.16. The molecule has 1 N–H and O–H groups in total. The normalized spacial score (nSPS) is 16.7. The molecule has 2 aromatic carbocycles. The average Bonchev–Trinajstić information content (AvgIpc) is 2.93. The van der Waals surface area contributed by atoms with E-state index in [1.807, 2.05) is 38.2 Å². The number of aliphatic hydroxyl groups is 1. The second-order valence-electron chi connectivity index (χ2n) is 9.47. The summed E-state index contributed by atoms with van der Waals surface area (Å²) in [6, 6.07) is 19.1. The summed E-state index contributed by atoms with van der Waals surface area (Å²) in [7, 11) is 0. The molecule has 1 saturated heterocycles. The number of nitrogens with zero attached hydrogens (tertiary/aromatic N) is 3. The first-order valence-electron chi connectivity index (χ1n) is 13.6. The highest BCUT2D eigenvalue weighted by Crippen LogP contribution is 2.36. The van der Waals surface area contributed by atoms with E-state index in [-0.39, 0.29) is 12.6 Å². The van der Waals surface area contributed by atoms with Crippen molar-refractivity contribution in [2.24, 2.45) is 0 Å². The number of aliphatic hydroxyl groups excluding tert-OH is 1. The number of halogens is 2. The van der Waals surface area contributed by atoms with E-state index < -0.39 is 0 Å². The summed E-state index contributed by atoms with van der Waals surface area (Å²) in [4.78, 5) is 9.59. The number of pyridine rings is 1. The average molecular weight is 543 g/mol. The highest BCUT2D eigenvalue weighted by Gasteiger charge is 2.30. The minimum atomic E-state index is 0.176. The van der Waals surface area contributed by atoms with Crippen molar-refractivity contribution in [3.05, 3.63) is 93.2 Å². The van der Waals surface area contributed by atoms with Crippen molar-refractivity contribution in [1.82, 2.24) is 9.88 Å². The second-order valence-corrected chi connectivity index (χ2v) is 10.3. The highest BCUT2D eigenvalue weighted by atomic mass is 35.5. The van der Waals surface area contributed by atoms with Crippen LogP contribution < -0.4 is 4.90 Å². The molecule has 3 aromatic rings. The largest absolute Gasteiger partial charge is 0.396 e. The molecule has 1 aliphatic heterocycles. The van der Waals surface area contributed by atoms with Crippen LogP contribution in [0.15, 0.2) is 60.8 Å². The highest BCUT2D eigenvalue weighted by molar-refractivity contribution is 6.33. The zero-order valence-corrected chi connectivity index (χ0v) is 24.1. The summed E-state index contributed by atoms with van der Waals surface area (Å²) in [6.45, 7) is 12.4. The Morgan fingerprint density at radius 3 is 2.41 bits per heavy atom. The molecule has 2 heterocycles. The number of piperazine rings is 1. The summed E-state index contributed by atoms with van der Waals surface area (Å²) in [5, 5.41) is 10.7. The van der Waals surface area contributed by atoms with Crippen molar-refractivity contribution in [1.29, 1.82) is 0 Å². The number of aromatic nitrogens is 1. The Labute approximate surface area is 233 Å². The molecule has 4 nitrogen and oxygen atoms in total. The van der Waals surface area contributed by atoms with Crippen LogP contribution in [0.4, 0.5) is 5.69 Å². The Morgan fingerprint density at radius 1 is 1.03 bits per heavy atom. The monoisotopic (exact) mass is 541 g/mol. The van der Waals surface area contributed by atoms with E-state index in [0.717, 1.165) is 72.4 Å². The van der Waals surface area contributed by atoms with Gasteiger partial charge in [0, 0.05) is 49.7 Å². The fourth-order valence-corrected chi connectivity index (χ4v) is 5.35. The van der Waals surface area contributed by atoms with Gasteiger partial charge in [0.05, 0.1) is 16.8 Å². The number of anilines is 1. The van der Waals surface area contributed by atoms with Crippen LogP contribution >= 0.6 is 23.2 Å². The van der Waals surface area contributed by atoms with E-state index in [4.69, 9.17) is 28.3 Å². The van der Waals surface area contributed by atoms with Crippen LogP contribution in [-0.4, -0.2) is 47.8 Å². The van der Waals surface area contributed by atoms with Crippen molar-refractivity contribution in [2.45, 2.75) is 58.9 Å². The molecule has 0 radical (unpaired) electrons. The molecule has 1 aliphatic rings. The third-order valence-electron chi connectivity index (χ3n) is 6.98. The predicted molar refractivity (Wildman–Crippen MR) is 158 cm³/mol. The zero-order chi connectivity index (χ0) is 26.8. The van der Waals surface area contributed by atoms with Gasteiger partial charge in [-0.3, -0.25) is 9.88 Å². The minimum absolute atomic E-state index is 0.176. The number of aryl methyl sites for hydroxylation is 2. The van der Waals surface area contributed by atoms with Crippen molar-refractivity contribution in [3.8, 4) is 0 Å². The standard InChI is InChI=1S/C29H35Cl2N3O.C2H6/c1-3-26-12-9-24(18-32-26)21(2)19-33-14-15-34(29(20-33)23-7-10-25(30)11-8-23)28-13-6-22(5-4-16-35)17-27(28)31;1-2/h6-13,17-18,21,29,35H,3-5,14-16,19-20H2,1-2H3;1-2H3/t21?,29-;/m0./s1. The fourth-order valence-electron chi connectivity index (χ4n) is 4.92. The molecule has 0 bridgehead atoms. The van der Waals surface area contributed by atoms with Crippen molar-refractivity contribution in [3.63, 3.8) is 0 Å². The Kier molecular flexibility index (Phi) is 11.7. The van der Waals surface area contributed by atoms with Crippen LogP contribution in [-0.2, 0) is 12.8 Å². The maximum atomic E-state index is 9.16. The molecule has 37 heavy (non-hydrogen) atoms. The van der Waals surface area contributed by atoms with Crippen LogP contribution in [0.5, 0.6) is 0 Å². The van der Waals surface area contributed by atoms with Gasteiger partial charge in [-0.2, -0.15) is 0 Å². The van der Waals surface area contributed by atoms with Crippen molar-refractivity contribution >= 4 is 28.9 Å². The van der Waals surface area contributed by atoms with Crippen molar-refractivity contribution < 1.29 is 5.11 Å². The molecule has 4 rings (SSSR count). The Morgan fingerprint density at radius 2 is 1.78 bits per heavy atom. The van der Waals surface area contributed by atoms with E-state index in [0.29, 0.717) is 5.92 Å². The van der Waals surface area contributed by atoms with E-state index in [9.17, 15) is 0 Å². The number of hydrogen-bond donors (Lipinski definition) is 1. The lowest BCUT2D eigenvalue weighted by atomic mass is 9.98. The Balaban J connectivity index is 0.00000186. The molecule has 0 saturated carbocycles. The summed E-state index contributed by atoms with van der Waals surface area (Å²) < 4.78 is 0. The first kappa shape index (κ1) is 29.4. The van der Waals surface area contributed by atoms with Gasteiger partial charge in [0.2, 0.25) is 0 Å². The fraction of sp³-hybridized carbons (Fsp3) is 0.452. The molecule has 0 aliphatic carbocycles. The Hall–Kier alpha value is -2.11. The van der Waals surface area contributed by atoms with Gasteiger partial charge in [0.25, 0.3) is 0 Å². The van der Waals surface area contributed by atoms with Crippen molar-refractivity contribution in [2.75, 3.05) is 37.7 Å². The van der Waals surface area contributed by atoms with Gasteiger partial charge in [-0.1, -0.05) is 75.2 Å². The molecule has 1 unspecified atom stereocenters. The van der Waals surface area contributed by atoms with Gasteiger partial charge in [0.1, 0.15) is 0 Å². The molecule has 6 heteroatoms. The first-order valence-corrected chi connectivity index (χ1v) is 14.3. The van der Waals surface area contributed by atoms with Crippen LogP contribution in [0.2, 0.25) is 10.0 Å². The van der Waals surface area contributed by atoms with Gasteiger partial charge in [-0.15, -0.1) is 0 Å². The molecule has 0 amide bonds. The third kappa shape index (κ3) is 7.94. The molecule has 1 aromatic heterocycles. The van der Waals surface area contributed by atoms with E-state index in [2.05, 4.69) is 65.0 Å². The molecule has 1 fully saturated rings. The zero-order valence-electron chi connectivity index (χ0n) is 22.6. The SMILES string of the molecule is CC.CCc1ccc(C(C)CN2CCN(c3ccc(CCCO)cc3Cl)[C@H](c3ccc(Cl)cc3)C2)cn1. The number of hydrogen-bond acceptors (Lipinski definition) is 4. The lowest BCUT2D eigenvalue weighted by Gasteiger charge is -2.44. The number of benzene rings is 2. The van der Waals surface area contributed by atoms with E-state index >= 15 is 0 Å².